The number of Topliss-reactive ketones (excluding diaryl/α,β-unsaturated/α-hetero) is 1. The summed E-state index contributed by atoms with van der Waals surface area (Å²) in [5.41, 5.74) is 10.1. The lowest BCUT2D eigenvalue weighted by atomic mass is 10.1. The summed E-state index contributed by atoms with van der Waals surface area (Å²) in [5, 5.41) is 1.04. The summed E-state index contributed by atoms with van der Waals surface area (Å²) in [4.78, 5) is 28.6. The minimum atomic E-state index is 0.124. The molecule has 0 atom stereocenters. The predicted molar refractivity (Wildman–Crippen MR) is 248 cm³/mol. The third kappa shape index (κ3) is 24.4. The maximum atomic E-state index is 10.8. The fourth-order valence-corrected chi connectivity index (χ4v) is 6.62. The zero-order valence-corrected chi connectivity index (χ0v) is 39.2. The van der Waals surface area contributed by atoms with Crippen molar-refractivity contribution in [2.75, 3.05) is 202 Å². The van der Waals surface area contributed by atoms with Crippen molar-refractivity contribution < 1.29 is 61.6 Å². The van der Waals surface area contributed by atoms with Crippen molar-refractivity contribution in [1.29, 1.82) is 0 Å². The zero-order chi connectivity index (χ0) is 45.8. The molecule has 0 amide bonds. The molecule has 1 saturated heterocycles. The van der Waals surface area contributed by atoms with Gasteiger partial charge in [0.25, 0.3) is 0 Å². The Morgan fingerprint density at radius 1 is 0.585 bits per heavy atom. The number of aromatic amines is 1. The van der Waals surface area contributed by atoms with Gasteiger partial charge >= 0.3 is 0 Å². The number of carbonyl (C=O) groups is 1. The van der Waals surface area contributed by atoms with E-state index in [1.54, 1.807) is 6.92 Å². The van der Waals surface area contributed by atoms with E-state index in [1.807, 2.05) is 0 Å². The van der Waals surface area contributed by atoms with Gasteiger partial charge < -0.3 is 72.5 Å². The molecular weight excluding hydrogens is 845 g/mol. The van der Waals surface area contributed by atoms with Crippen LogP contribution in [0.5, 0.6) is 0 Å². The Hall–Kier alpha value is -3.15. The van der Waals surface area contributed by atoms with Gasteiger partial charge in [0, 0.05) is 56.6 Å². The SMILES string of the molecule is CCCCc1nc2c([nH]1)c(N)nc1ccc(N3CCN(CCOCCOCCOCCOCCOCCOCCOCCOCCOCCOCCOCCOCCC(C)=O)CC3)cc12. The van der Waals surface area contributed by atoms with Gasteiger partial charge in [-0.15, -0.1) is 0 Å². The van der Waals surface area contributed by atoms with E-state index in [9.17, 15) is 4.79 Å². The van der Waals surface area contributed by atoms with Crippen LogP contribution in [0.1, 0.15) is 38.9 Å². The summed E-state index contributed by atoms with van der Waals surface area (Å²) in [6.45, 7) is 20.7. The van der Waals surface area contributed by atoms with Crippen LogP contribution in [-0.4, -0.2) is 217 Å². The number of fused-ring (bicyclic) bond motifs is 3. The molecule has 0 unspecified atom stereocenters. The molecule has 1 aliphatic heterocycles. The van der Waals surface area contributed by atoms with E-state index in [0.717, 1.165) is 79.7 Å². The van der Waals surface area contributed by atoms with Crippen LogP contribution in [0.4, 0.5) is 11.5 Å². The highest BCUT2D eigenvalue weighted by molar-refractivity contribution is 6.07. The van der Waals surface area contributed by atoms with Crippen molar-refractivity contribution in [3.63, 3.8) is 0 Å². The molecule has 19 heteroatoms. The minimum Gasteiger partial charge on any atom is -0.382 e. The van der Waals surface area contributed by atoms with Gasteiger partial charge in [-0.05, 0) is 31.5 Å². The Morgan fingerprint density at radius 2 is 1.00 bits per heavy atom. The van der Waals surface area contributed by atoms with Gasteiger partial charge in [0.05, 0.1) is 164 Å². The molecule has 0 aliphatic carbocycles. The highest BCUT2D eigenvalue weighted by Gasteiger charge is 2.19. The Kier molecular flexibility index (Phi) is 30.1. The van der Waals surface area contributed by atoms with E-state index in [-0.39, 0.29) is 5.78 Å². The van der Waals surface area contributed by atoms with Crippen molar-refractivity contribution in [1.82, 2.24) is 19.9 Å². The van der Waals surface area contributed by atoms with Crippen molar-refractivity contribution in [2.45, 2.75) is 39.5 Å². The Bertz CT molecular complexity index is 1650. The fourth-order valence-electron chi connectivity index (χ4n) is 6.62. The molecule has 370 valence electrons. The summed E-state index contributed by atoms with van der Waals surface area (Å²) in [6, 6.07) is 6.41. The van der Waals surface area contributed by atoms with Gasteiger partial charge in [-0.25, -0.2) is 9.97 Å². The second kappa shape index (κ2) is 36.0. The third-order valence-corrected chi connectivity index (χ3v) is 10.2. The number of carbonyl (C=O) groups excluding carboxylic acids is 1. The number of pyridine rings is 1. The van der Waals surface area contributed by atoms with E-state index < -0.39 is 0 Å². The highest BCUT2D eigenvalue weighted by atomic mass is 16.6. The molecule has 3 N–H and O–H groups in total. The number of aryl methyl sites for hydroxylation is 1. The quantitative estimate of drug-likeness (QED) is 0.0782. The van der Waals surface area contributed by atoms with Gasteiger partial charge in [0.2, 0.25) is 0 Å². The van der Waals surface area contributed by atoms with Crippen LogP contribution < -0.4 is 10.6 Å². The van der Waals surface area contributed by atoms with Crippen molar-refractivity contribution in [2.24, 2.45) is 0 Å². The number of nitrogen functional groups attached to an aromatic ring is 1. The van der Waals surface area contributed by atoms with Gasteiger partial charge in [0.15, 0.2) is 0 Å². The molecule has 3 aromatic rings. The van der Waals surface area contributed by atoms with E-state index in [1.165, 1.54) is 5.69 Å². The lowest BCUT2D eigenvalue weighted by Gasteiger charge is -2.36. The Balaban J connectivity index is 0.814. The molecule has 1 aliphatic rings. The molecular formula is C46H78N6O13. The standard InChI is InChI=1S/C46H78N6O13/c1-3-4-5-43-49-44-41-38-40(6-7-42(41)48-46(47)45(44)50-43)52-11-9-51(10-12-52)13-15-55-17-19-57-21-23-59-25-27-61-29-31-63-33-35-65-37-36-64-34-32-62-30-28-60-26-24-58-22-20-56-18-16-54-14-8-39(2)53/h6-7,38H,3-5,8-37H2,1-2H3,(H2,47,48)(H,49,50). The van der Waals surface area contributed by atoms with Gasteiger partial charge in [-0.3, -0.25) is 9.69 Å². The number of unbranched alkanes of at least 4 members (excludes halogenated alkanes) is 1. The largest absolute Gasteiger partial charge is 0.382 e. The first-order chi connectivity index (χ1) is 32.0. The summed E-state index contributed by atoms with van der Waals surface area (Å²) < 4.78 is 66.3. The van der Waals surface area contributed by atoms with Crippen LogP contribution in [0.3, 0.4) is 0 Å². The number of ether oxygens (including phenoxy) is 12. The van der Waals surface area contributed by atoms with E-state index in [4.69, 9.17) is 67.6 Å². The average molecular weight is 923 g/mol. The number of imidazole rings is 1. The number of hydrogen-bond donors (Lipinski definition) is 2. The lowest BCUT2D eigenvalue weighted by Crippen LogP contribution is -2.47. The second-order valence-electron chi connectivity index (χ2n) is 15.3. The molecule has 0 saturated carbocycles. The number of nitrogens with two attached hydrogens (primary N) is 1. The first kappa shape index (κ1) is 54.5. The number of aromatic nitrogens is 3. The minimum absolute atomic E-state index is 0.124. The van der Waals surface area contributed by atoms with Crippen LogP contribution in [0, 0.1) is 0 Å². The van der Waals surface area contributed by atoms with Crippen molar-refractivity contribution >= 4 is 39.2 Å². The number of nitrogens with zero attached hydrogens (tertiary/aromatic N) is 4. The first-order valence-electron chi connectivity index (χ1n) is 23.5. The maximum Gasteiger partial charge on any atom is 0.150 e. The number of piperazine rings is 1. The summed E-state index contributed by atoms with van der Waals surface area (Å²) in [6.07, 6.45) is 3.56. The van der Waals surface area contributed by atoms with Gasteiger partial charge in [0.1, 0.15) is 28.5 Å². The third-order valence-electron chi connectivity index (χ3n) is 10.2. The maximum absolute atomic E-state index is 10.8. The number of rotatable bonds is 43. The van der Waals surface area contributed by atoms with Crippen molar-refractivity contribution in [3.8, 4) is 0 Å². The molecule has 0 bridgehead atoms. The normalized spacial score (nSPS) is 13.5. The van der Waals surface area contributed by atoms with Crippen LogP contribution in [0.2, 0.25) is 0 Å². The van der Waals surface area contributed by atoms with Crippen molar-refractivity contribution in [3.05, 3.63) is 24.0 Å². The summed E-state index contributed by atoms with van der Waals surface area (Å²) in [5.74, 6) is 1.60. The van der Waals surface area contributed by atoms with E-state index in [2.05, 4.69) is 44.9 Å². The Labute approximate surface area is 385 Å². The molecule has 19 nitrogen and oxygen atoms in total. The summed E-state index contributed by atoms with van der Waals surface area (Å²) in [7, 11) is 0. The molecule has 2 aromatic heterocycles. The van der Waals surface area contributed by atoms with E-state index >= 15 is 0 Å². The zero-order valence-electron chi connectivity index (χ0n) is 39.2. The molecule has 4 rings (SSSR count). The van der Waals surface area contributed by atoms with Gasteiger partial charge in [-0.2, -0.15) is 0 Å². The number of benzene rings is 1. The second-order valence-corrected chi connectivity index (χ2v) is 15.3. The first-order valence-corrected chi connectivity index (χ1v) is 23.5. The molecule has 0 spiro atoms. The van der Waals surface area contributed by atoms with E-state index in [0.29, 0.717) is 171 Å². The number of nitrogens with one attached hydrogen (secondary N) is 1. The highest BCUT2D eigenvalue weighted by Crippen LogP contribution is 2.30. The smallest absolute Gasteiger partial charge is 0.150 e. The summed E-state index contributed by atoms with van der Waals surface area (Å²) >= 11 is 0. The average Bonchev–Trinajstić information content (AvgIpc) is 3.76. The van der Waals surface area contributed by atoms with Crippen LogP contribution >= 0.6 is 0 Å². The number of ketones is 1. The Morgan fingerprint density at radius 3 is 1.42 bits per heavy atom. The lowest BCUT2D eigenvalue weighted by molar-refractivity contribution is -0.118. The number of anilines is 2. The van der Waals surface area contributed by atoms with Crippen LogP contribution in [0.15, 0.2) is 18.2 Å². The van der Waals surface area contributed by atoms with Gasteiger partial charge in [-0.1, -0.05) is 13.3 Å². The molecule has 0 radical (unpaired) electrons. The molecule has 1 fully saturated rings. The molecule has 65 heavy (non-hydrogen) atoms. The van der Waals surface area contributed by atoms with Crippen LogP contribution in [-0.2, 0) is 68.1 Å². The number of hydrogen-bond acceptors (Lipinski definition) is 18. The topological polar surface area (TPSA) is 202 Å². The van der Waals surface area contributed by atoms with Crippen LogP contribution in [0.25, 0.3) is 21.9 Å². The molecule has 1 aromatic carbocycles. The fraction of sp³-hybridized carbons (Fsp3) is 0.761. The predicted octanol–water partition coefficient (Wildman–Crippen LogP) is 3.34. The monoisotopic (exact) mass is 923 g/mol. The molecule has 3 heterocycles. The number of H-pyrrole nitrogens is 1.